The highest BCUT2D eigenvalue weighted by molar-refractivity contribution is 9.10. The molecule has 8 heteroatoms. The molecule has 3 aromatic carbocycles. The lowest BCUT2D eigenvalue weighted by atomic mass is 10.1. The van der Waals surface area contributed by atoms with Crippen molar-refractivity contribution in [2.75, 3.05) is 17.7 Å². The van der Waals surface area contributed by atoms with Gasteiger partial charge >= 0.3 is 0 Å². The topological polar surface area (TPSA) is 69.0 Å². The molecular weight excluding hydrogens is 536 g/mol. The number of thioether (sulfide) groups is 1. The summed E-state index contributed by atoms with van der Waals surface area (Å²) in [5.41, 5.74) is 5.08. The molecule has 0 saturated carbocycles. The van der Waals surface area contributed by atoms with Gasteiger partial charge in [-0.1, -0.05) is 64.9 Å². The fourth-order valence-electron chi connectivity index (χ4n) is 3.98. The number of ether oxygens (including phenoxy) is 1. The van der Waals surface area contributed by atoms with Crippen LogP contribution >= 0.6 is 27.7 Å². The Morgan fingerprint density at radius 2 is 1.81 bits per heavy atom. The van der Waals surface area contributed by atoms with Gasteiger partial charge in [-0.25, -0.2) is 0 Å². The van der Waals surface area contributed by atoms with Crippen molar-refractivity contribution in [3.8, 4) is 11.4 Å². The number of nitrogens with one attached hydrogen (secondary N) is 1. The maximum absolute atomic E-state index is 12.9. The molecule has 1 N–H and O–H groups in total. The fraction of sp³-hybridized carbons (Fsp3) is 0.250. The third-order valence-electron chi connectivity index (χ3n) is 5.67. The smallest absolute Gasteiger partial charge is 0.234 e. The average Bonchev–Trinajstić information content (AvgIpc) is 3.27. The first-order chi connectivity index (χ1) is 17.5. The third kappa shape index (κ3) is 6.36. The van der Waals surface area contributed by atoms with Crippen LogP contribution in [0, 0.1) is 6.92 Å². The van der Waals surface area contributed by atoms with E-state index in [0.29, 0.717) is 18.2 Å². The zero-order valence-electron chi connectivity index (χ0n) is 20.6. The van der Waals surface area contributed by atoms with Gasteiger partial charge in [-0.2, -0.15) is 0 Å². The number of carbonyl (C=O) groups excluding carboxylic acids is 1. The summed E-state index contributed by atoms with van der Waals surface area (Å²) < 4.78 is 8.63. The summed E-state index contributed by atoms with van der Waals surface area (Å²) in [5.74, 6) is 1.76. The van der Waals surface area contributed by atoms with E-state index >= 15 is 0 Å². The predicted octanol–water partition coefficient (Wildman–Crippen LogP) is 6.62. The van der Waals surface area contributed by atoms with Crippen LogP contribution in [0.1, 0.15) is 36.4 Å². The molecule has 4 aromatic rings. The van der Waals surface area contributed by atoms with E-state index in [4.69, 9.17) is 4.74 Å². The van der Waals surface area contributed by atoms with Gasteiger partial charge in [-0.15, -0.1) is 10.2 Å². The summed E-state index contributed by atoms with van der Waals surface area (Å²) in [5, 5.41) is 12.7. The summed E-state index contributed by atoms with van der Waals surface area (Å²) >= 11 is 4.92. The Morgan fingerprint density at radius 3 is 2.50 bits per heavy atom. The number of hydrogen-bond acceptors (Lipinski definition) is 5. The summed E-state index contributed by atoms with van der Waals surface area (Å²) in [6.45, 7) is 6.66. The second-order valence-electron chi connectivity index (χ2n) is 8.27. The molecule has 0 spiro atoms. The van der Waals surface area contributed by atoms with Crippen LogP contribution < -0.4 is 10.1 Å². The number of carbonyl (C=O) groups is 1. The van der Waals surface area contributed by atoms with E-state index in [2.05, 4.69) is 50.5 Å². The van der Waals surface area contributed by atoms with Crippen LogP contribution in [0.4, 0.5) is 5.69 Å². The van der Waals surface area contributed by atoms with E-state index in [1.807, 2.05) is 73.0 Å². The molecule has 36 heavy (non-hydrogen) atoms. The van der Waals surface area contributed by atoms with Gasteiger partial charge in [0.15, 0.2) is 5.16 Å². The average molecular weight is 566 g/mol. The van der Waals surface area contributed by atoms with Crippen molar-refractivity contribution < 1.29 is 9.53 Å². The molecular formula is C28H29BrN4O2S. The fourth-order valence-corrected chi connectivity index (χ4v) is 5.37. The lowest BCUT2D eigenvalue weighted by Gasteiger charge is -2.14. The molecule has 1 heterocycles. The number of anilines is 1. The SMILES string of the molecule is CCOc1ccc(-n2c(Cc3ccccc3)nnc2SCC(=O)Nc2c(C)cc(Br)cc2CC)cc1. The molecule has 0 unspecified atom stereocenters. The highest BCUT2D eigenvalue weighted by Crippen LogP contribution is 2.28. The molecule has 0 aliphatic rings. The lowest BCUT2D eigenvalue weighted by molar-refractivity contribution is -0.113. The third-order valence-corrected chi connectivity index (χ3v) is 7.06. The van der Waals surface area contributed by atoms with Gasteiger partial charge in [0.25, 0.3) is 0 Å². The van der Waals surface area contributed by atoms with Crippen LogP contribution in [0.2, 0.25) is 0 Å². The molecule has 0 aliphatic heterocycles. The molecule has 6 nitrogen and oxygen atoms in total. The number of aryl methyl sites for hydroxylation is 2. The highest BCUT2D eigenvalue weighted by Gasteiger charge is 2.17. The van der Waals surface area contributed by atoms with Gasteiger partial charge < -0.3 is 10.1 Å². The largest absolute Gasteiger partial charge is 0.494 e. The number of rotatable bonds is 10. The van der Waals surface area contributed by atoms with Gasteiger partial charge in [0.05, 0.1) is 12.4 Å². The Kier molecular flexibility index (Phi) is 8.83. The first-order valence-electron chi connectivity index (χ1n) is 11.9. The van der Waals surface area contributed by atoms with Crippen LogP contribution in [0.3, 0.4) is 0 Å². The lowest BCUT2D eigenvalue weighted by Crippen LogP contribution is -2.17. The Hall–Kier alpha value is -3.10. The number of nitrogens with zero attached hydrogens (tertiary/aromatic N) is 3. The van der Waals surface area contributed by atoms with Crippen LogP contribution in [-0.2, 0) is 17.6 Å². The number of halogens is 1. The van der Waals surface area contributed by atoms with Crippen molar-refractivity contribution in [2.24, 2.45) is 0 Å². The minimum atomic E-state index is -0.0778. The normalized spacial score (nSPS) is 10.9. The van der Waals surface area contributed by atoms with Crippen molar-refractivity contribution >= 4 is 39.3 Å². The van der Waals surface area contributed by atoms with Crippen LogP contribution in [0.15, 0.2) is 76.4 Å². The summed E-state index contributed by atoms with van der Waals surface area (Å²) in [4.78, 5) is 12.9. The second-order valence-corrected chi connectivity index (χ2v) is 10.1. The van der Waals surface area contributed by atoms with Crippen molar-refractivity contribution in [1.29, 1.82) is 0 Å². The maximum Gasteiger partial charge on any atom is 0.234 e. The Morgan fingerprint density at radius 1 is 1.06 bits per heavy atom. The minimum Gasteiger partial charge on any atom is -0.494 e. The Bertz CT molecular complexity index is 1320. The molecule has 0 bridgehead atoms. The number of aromatic nitrogens is 3. The van der Waals surface area contributed by atoms with Crippen LogP contribution in [0.25, 0.3) is 5.69 Å². The van der Waals surface area contributed by atoms with E-state index in [0.717, 1.165) is 50.5 Å². The van der Waals surface area contributed by atoms with E-state index in [-0.39, 0.29) is 11.7 Å². The molecule has 0 saturated heterocycles. The Balaban J connectivity index is 1.56. The van der Waals surface area contributed by atoms with Crippen molar-refractivity contribution in [2.45, 2.75) is 38.8 Å². The van der Waals surface area contributed by atoms with Crippen molar-refractivity contribution in [1.82, 2.24) is 14.8 Å². The van der Waals surface area contributed by atoms with Gasteiger partial charge in [-0.05, 0) is 73.4 Å². The quantitative estimate of drug-likeness (QED) is 0.219. The monoisotopic (exact) mass is 564 g/mol. The molecule has 1 amide bonds. The van der Waals surface area contributed by atoms with Gasteiger partial charge in [-0.3, -0.25) is 9.36 Å². The predicted molar refractivity (Wildman–Crippen MR) is 149 cm³/mol. The van der Waals surface area contributed by atoms with Crippen molar-refractivity contribution in [3.05, 3.63) is 93.7 Å². The summed E-state index contributed by atoms with van der Waals surface area (Å²) in [6.07, 6.45) is 1.46. The van der Waals surface area contributed by atoms with E-state index in [1.54, 1.807) is 0 Å². The Labute approximate surface area is 224 Å². The van der Waals surface area contributed by atoms with Crippen LogP contribution in [0.5, 0.6) is 5.75 Å². The maximum atomic E-state index is 12.9. The standard InChI is InChI=1S/C28H29BrN4O2S/c1-4-21-17-22(29)15-19(3)27(21)30-26(34)18-36-28-32-31-25(16-20-9-7-6-8-10-20)33(28)23-11-13-24(14-12-23)35-5-2/h6-15,17H,4-5,16,18H2,1-3H3,(H,30,34). The first kappa shape index (κ1) is 26.0. The zero-order valence-corrected chi connectivity index (χ0v) is 23.0. The summed E-state index contributed by atoms with van der Waals surface area (Å²) in [7, 11) is 0. The summed E-state index contributed by atoms with van der Waals surface area (Å²) in [6, 6.07) is 22.1. The first-order valence-corrected chi connectivity index (χ1v) is 13.7. The number of benzene rings is 3. The van der Waals surface area contributed by atoms with E-state index in [1.165, 1.54) is 11.8 Å². The molecule has 0 fully saturated rings. The number of amides is 1. The van der Waals surface area contributed by atoms with Crippen LogP contribution in [-0.4, -0.2) is 33.0 Å². The van der Waals surface area contributed by atoms with Gasteiger partial charge in [0, 0.05) is 22.3 Å². The molecule has 0 atom stereocenters. The highest BCUT2D eigenvalue weighted by atomic mass is 79.9. The molecule has 1 aromatic heterocycles. The van der Waals surface area contributed by atoms with E-state index < -0.39 is 0 Å². The minimum absolute atomic E-state index is 0.0778. The van der Waals surface area contributed by atoms with Gasteiger partial charge in [0.1, 0.15) is 11.6 Å². The molecule has 186 valence electrons. The molecule has 4 rings (SSSR count). The van der Waals surface area contributed by atoms with E-state index in [9.17, 15) is 4.79 Å². The van der Waals surface area contributed by atoms with Crippen molar-refractivity contribution in [3.63, 3.8) is 0 Å². The zero-order chi connectivity index (χ0) is 25.5. The molecule has 0 aliphatic carbocycles. The van der Waals surface area contributed by atoms with Gasteiger partial charge in [0.2, 0.25) is 5.91 Å². The second kappa shape index (κ2) is 12.2. The molecule has 0 radical (unpaired) electrons. The number of hydrogen-bond donors (Lipinski definition) is 1.